The largest absolute Gasteiger partial charge is 0.393 e. The van der Waals surface area contributed by atoms with Crippen molar-refractivity contribution in [3.05, 3.63) is 0 Å². The fraction of sp³-hybridized carbons (Fsp3) is 1.00. The molecule has 5 atom stereocenters. The first-order valence-electron chi connectivity index (χ1n) is 7.00. The molecule has 5 unspecified atom stereocenters. The predicted octanol–water partition coefficient (Wildman–Crippen LogP) is 2.51. The van der Waals surface area contributed by atoms with E-state index in [0.717, 1.165) is 37.4 Å². The topological polar surface area (TPSA) is 23.5 Å². The highest BCUT2D eigenvalue weighted by Crippen LogP contribution is 2.33. The van der Waals surface area contributed by atoms with Crippen LogP contribution in [0.4, 0.5) is 0 Å². The van der Waals surface area contributed by atoms with Gasteiger partial charge >= 0.3 is 0 Å². The van der Waals surface area contributed by atoms with Gasteiger partial charge in [-0.15, -0.1) is 0 Å². The zero-order valence-electron chi connectivity index (χ0n) is 11.0. The van der Waals surface area contributed by atoms with Crippen LogP contribution in [0.5, 0.6) is 0 Å². The molecule has 1 heterocycles. The van der Waals surface area contributed by atoms with Gasteiger partial charge in [0.1, 0.15) is 0 Å². The van der Waals surface area contributed by atoms with Crippen LogP contribution in [0.3, 0.4) is 0 Å². The molecule has 94 valence electrons. The fourth-order valence-corrected chi connectivity index (χ4v) is 3.35. The van der Waals surface area contributed by atoms with Crippen LogP contribution in [-0.2, 0) is 0 Å². The van der Waals surface area contributed by atoms with Gasteiger partial charge in [0.05, 0.1) is 6.10 Å². The molecule has 16 heavy (non-hydrogen) atoms. The van der Waals surface area contributed by atoms with Crippen LogP contribution in [0.25, 0.3) is 0 Å². The Morgan fingerprint density at radius 1 is 0.938 bits per heavy atom. The van der Waals surface area contributed by atoms with E-state index in [1.165, 1.54) is 19.3 Å². The van der Waals surface area contributed by atoms with Crippen LogP contribution in [0.1, 0.15) is 46.5 Å². The summed E-state index contributed by atoms with van der Waals surface area (Å²) in [7, 11) is 0. The van der Waals surface area contributed by atoms with Gasteiger partial charge in [-0.1, -0.05) is 20.8 Å². The second kappa shape index (κ2) is 5.05. The van der Waals surface area contributed by atoms with Gasteiger partial charge in [0.25, 0.3) is 0 Å². The molecule has 2 nitrogen and oxygen atoms in total. The second-order valence-electron chi connectivity index (χ2n) is 6.25. The zero-order chi connectivity index (χ0) is 11.7. The van der Waals surface area contributed by atoms with E-state index < -0.39 is 0 Å². The van der Waals surface area contributed by atoms with Crippen molar-refractivity contribution in [2.24, 2.45) is 17.8 Å². The standard InChI is InChI=1S/C14H27NO/c1-10-4-5-13(8-11(10)2)15-7-6-14(16)12(3)9-15/h10-14,16H,4-9H2,1-3H3. The Labute approximate surface area is 100 Å². The Bertz CT molecular complexity index is 207. The lowest BCUT2D eigenvalue weighted by atomic mass is 9.78. The van der Waals surface area contributed by atoms with E-state index in [1.807, 2.05) is 0 Å². The van der Waals surface area contributed by atoms with E-state index >= 15 is 0 Å². The van der Waals surface area contributed by atoms with Crippen LogP contribution in [0, 0.1) is 17.8 Å². The van der Waals surface area contributed by atoms with E-state index in [1.54, 1.807) is 0 Å². The molecule has 0 amide bonds. The van der Waals surface area contributed by atoms with Crippen LogP contribution in [0.15, 0.2) is 0 Å². The van der Waals surface area contributed by atoms with Crippen molar-refractivity contribution in [3.8, 4) is 0 Å². The molecule has 1 N–H and O–H groups in total. The summed E-state index contributed by atoms with van der Waals surface area (Å²) in [6.45, 7) is 9.19. The maximum absolute atomic E-state index is 9.76. The molecule has 1 saturated carbocycles. The number of piperidine rings is 1. The van der Waals surface area contributed by atoms with Crippen molar-refractivity contribution >= 4 is 0 Å². The summed E-state index contributed by atoms with van der Waals surface area (Å²) in [4.78, 5) is 2.64. The lowest BCUT2D eigenvalue weighted by molar-refractivity contribution is 0.000865. The Hall–Kier alpha value is -0.0800. The smallest absolute Gasteiger partial charge is 0.0590 e. The number of nitrogens with zero attached hydrogens (tertiary/aromatic N) is 1. The fourth-order valence-electron chi connectivity index (χ4n) is 3.35. The van der Waals surface area contributed by atoms with Crippen molar-refractivity contribution in [3.63, 3.8) is 0 Å². The Kier molecular flexibility index (Phi) is 3.91. The average molecular weight is 225 g/mol. The molecule has 0 radical (unpaired) electrons. The molecule has 0 aromatic rings. The first-order chi connectivity index (χ1) is 7.58. The van der Waals surface area contributed by atoms with Gasteiger partial charge in [0.2, 0.25) is 0 Å². The molecule has 0 spiro atoms. The predicted molar refractivity (Wildman–Crippen MR) is 67.3 cm³/mol. The third-order valence-electron chi connectivity index (χ3n) is 4.98. The molecular weight excluding hydrogens is 198 g/mol. The normalized spacial score (nSPS) is 46.9. The summed E-state index contributed by atoms with van der Waals surface area (Å²) < 4.78 is 0. The molecule has 2 rings (SSSR count). The van der Waals surface area contributed by atoms with Gasteiger partial charge in [0.15, 0.2) is 0 Å². The third kappa shape index (κ3) is 2.60. The minimum absolute atomic E-state index is 0.0591. The third-order valence-corrected chi connectivity index (χ3v) is 4.98. The molecule has 2 heteroatoms. The number of hydrogen-bond donors (Lipinski definition) is 1. The number of hydrogen-bond acceptors (Lipinski definition) is 2. The maximum Gasteiger partial charge on any atom is 0.0590 e. The highest BCUT2D eigenvalue weighted by Gasteiger charge is 2.32. The lowest BCUT2D eigenvalue weighted by Gasteiger charge is -2.43. The Morgan fingerprint density at radius 3 is 2.31 bits per heavy atom. The minimum atomic E-state index is -0.0591. The van der Waals surface area contributed by atoms with Crippen LogP contribution in [-0.4, -0.2) is 35.2 Å². The quantitative estimate of drug-likeness (QED) is 0.741. The van der Waals surface area contributed by atoms with Crippen LogP contribution >= 0.6 is 0 Å². The Balaban J connectivity index is 1.88. The van der Waals surface area contributed by atoms with Crippen molar-refractivity contribution < 1.29 is 5.11 Å². The van der Waals surface area contributed by atoms with E-state index in [2.05, 4.69) is 25.7 Å². The number of rotatable bonds is 1. The summed E-state index contributed by atoms with van der Waals surface area (Å²) in [6.07, 6.45) is 5.04. The molecule has 2 aliphatic rings. The second-order valence-corrected chi connectivity index (χ2v) is 6.25. The molecule has 0 bridgehead atoms. The zero-order valence-corrected chi connectivity index (χ0v) is 11.0. The number of aliphatic hydroxyl groups is 1. The monoisotopic (exact) mass is 225 g/mol. The van der Waals surface area contributed by atoms with Gasteiger partial charge in [-0.05, 0) is 43.4 Å². The van der Waals surface area contributed by atoms with Crippen LogP contribution < -0.4 is 0 Å². The van der Waals surface area contributed by atoms with E-state index in [0.29, 0.717) is 5.92 Å². The minimum Gasteiger partial charge on any atom is -0.393 e. The molecule has 2 fully saturated rings. The summed E-state index contributed by atoms with van der Waals surface area (Å²) in [5.74, 6) is 2.24. The van der Waals surface area contributed by atoms with Gasteiger partial charge in [0, 0.05) is 19.1 Å². The highest BCUT2D eigenvalue weighted by molar-refractivity contribution is 4.86. The number of aliphatic hydroxyl groups excluding tert-OH is 1. The SMILES string of the molecule is CC1CCC(N2CCC(O)C(C)C2)CC1C. The van der Waals surface area contributed by atoms with Gasteiger partial charge in [-0.3, -0.25) is 4.90 Å². The maximum atomic E-state index is 9.76. The van der Waals surface area contributed by atoms with Crippen molar-refractivity contribution in [2.45, 2.75) is 58.6 Å². The first-order valence-corrected chi connectivity index (χ1v) is 7.00. The molecule has 0 aromatic carbocycles. The summed E-state index contributed by atoms with van der Waals surface area (Å²) in [5.41, 5.74) is 0. The summed E-state index contributed by atoms with van der Waals surface area (Å²) in [5, 5.41) is 9.76. The van der Waals surface area contributed by atoms with Gasteiger partial charge < -0.3 is 5.11 Å². The molecule has 1 aliphatic heterocycles. The van der Waals surface area contributed by atoms with E-state index in [9.17, 15) is 5.11 Å². The van der Waals surface area contributed by atoms with Crippen molar-refractivity contribution in [1.29, 1.82) is 0 Å². The molecular formula is C14H27NO. The summed E-state index contributed by atoms with van der Waals surface area (Å²) >= 11 is 0. The van der Waals surface area contributed by atoms with Gasteiger partial charge in [-0.25, -0.2) is 0 Å². The molecule has 1 aliphatic carbocycles. The first kappa shape index (κ1) is 12.4. The van der Waals surface area contributed by atoms with Crippen LogP contribution in [0.2, 0.25) is 0 Å². The highest BCUT2D eigenvalue weighted by atomic mass is 16.3. The molecule has 1 saturated heterocycles. The number of likely N-dealkylation sites (tertiary alicyclic amines) is 1. The van der Waals surface area contributed by atoms with Crippen molar-refractivity contribution in [2.75, 3.05) is 13.1 Å². The van der Waals surface area contributed by atoms with Crippen molar-refractivity contribution in [1.82, 2.24) is 4.90 Å². The van der Waals surface area contributed by atoms with Gasteiger partial charge in [-0.2, -0.15) is 0 Å². The molecule has 0 aromatic heterocycles. The average Bonchev–Trinajstić information content (AvgIpc) is 2.26. The summed E-state index contributed by atoms with van der Waals surface area (Å²) in [6, 6.07) is 0.793. The lowest BCUT2D eigenvalue weighted by Crippen LogP contribution is -2.48. The Morgan fingerprint density at radius 2 is 1.69 bits per heavy atom. The van der Waals surface area contributed by atoms with E-state index in [-0.39, 0.29) is 6.10 Å². The van der Waals surface area contributed by atoms with E-state index in [4.69, 9.17) is 0 Å².